The molecule has 1 aromatic rings. The molecule has 0 saturated heterocycles. The summed E-state index contributed by atoms with van der Waals surface area (Å²) in [5, 5.41) is 0. The fraction of sp³-hybridized carbons (Fsp3) is 0.429. The van der Waals surface area contributed by atoms with Crippen LogP contribution in [0.4, 0.5) is 0 Å². The van der Waals surface area contributed by atoms with Crippen molar-refractivity contribution in [1.82, 2.24) is 9.55 Å². The number of aryl methyl sites for hydroxylation is 2. The van der Waals surface area contributed by atoms with E-state index in [-0.39, 0.29) is 11.2 Å². The van der Waals surface area contributed by atoms with Crippen molar-refractivity contribution in [3.05, 3.63) is 32.6 Å². The van der Waals surface area contributed by atoms with Gasteiger partial charge in [-0.1, -0.05) is 0 Å². The van der Waals surface area contributed by atoms with Crippen LogP contribution < -0.4 is 11.2 Å². The van der Waals surface area contributed by atoms with E-state index in [2.05, 4.69) is 17.6 Å². The van der Waals surface area contributed by atoms with Crippen LogP contribution in [-0.2, 0) is 6.54 Å². The first-order valence-corrected chi connectivity index (χ1v) is 4.19. The molecule has 0 bridgehead atoms. The van der Waals surface area contributed by atoms with Crippen LogP contribution in [-0.4, -0.2) is 15.3 Å². The highest BCUT2D eigenvalue weighted by Gasteiger charge is 1.98. The topological polar surface area (TPSA) is 54.9 Å². The van der Waals surface area contributed by atoms with Gasteiger partial charge in [-0.25, -0.2) is 4.79 Å². The second-order valence-electron chi connectivity index (χ2n) is 2.49. The number of aromatic nitrogens is 2. The average molecular weight is 186 g/mol. The summed E-state index contributed by atoms with van der Waals surface area (Å²) in [5.41, 5.74) is -0.161. The van der Waals surface area contributed by atoms with Gasteiger partial charge in [0.05, 0.1) is 0 Å². The van der Waals surface area contributed by atoms with Crippen molar-refractivity contribution < 1.29 is 0 Å². The Kier molecular flexibility index (Phi) is 2.75. The molecule has 0 aromatic carbocycles. The lowest BCUT2D eigenvalue weighted by atomic mass is 10.4. The SMILES string of the molecule is Cc1cn(CCS)c(=O)[nH]c1=O. The van der Waals surface area contributed by atoms with E-state index in [4.69, 9.17) is 0 Å². The fourth-order valence-corrected chi connectivity index (χ4v) is 1.11. The number of hydrogen-bond donors (Lipinski definition) is 2. The van der Waals surface area contributed by atoms with Crippen LogP contribution in [0.1, 0.15) is 5.56 Å². The summed E-state index contributed by atoms with van der Waals surface area (Å²) < 4.78 is 1.43. The van der Waals surface area contributed by atoms with E-state index in [1.807, 2.05) is 0 Å². The summed E-state index contributed by atoms with van der Waals surface area (Å²) >= 11 is 3.99. The van der Waals surface area contributed by atoms with Crippen molar-refractivity contribution in [2.75, 3.05) is 5.75 Å². The summed E-state index contributed by atoms with van der Waals surface area (Å²) in [7, 11) is 0. The van der Waals surface area contributed by atoms with Gasteiger partial charge < -0.3 is 0 Å². The normalized spacial score (nSPS) is 10.2. The van der Waals surface area contributed by atoms with E-state index in [1.165, 1.54) is 10.8 Å². The quantitative estimate of drug-likeness (QED) is 0.627. The van der Waals surface area contributed by atoms with E-state index >= 15 is 0 Å². The Labute approximate surface area is 74.7 Å². The van der Waals surface area contributed by atoms with Gasteiger partial charge in [0, 0.05) is 24.1 Å². The molecule has 0 atom stereocenters. The number of nitrogens with one attached hydrogen (secondary N) is 1. The first-order valence-electron chi connectivity index (χ1n) is 3.56. The molecule has 0 unspecified atom stereocenters. The zero-order valence-corrected chi connectivity index (χ0v) is 7.60. The van der Waals surface area contributed by atoms with Gasteiger partial charge in [-0.05, 0) is 6.92 Å². The maximum atomic E-state index is 11.1. The monoisotopic (exact) mass is 186 g/mol. The Hall–Kier alpha value is -0.970. The predicted molar refractivity (Wildman–Crippen MR) is 49.9 cm³/mol. The number of H-pyrrole nitrogens is 1. The van der Waals surface area contributed by atoms with Crippen LogP contribution in [0.15, 0.2) is 15.8 Å². The number of nitrogens with zero attached hydrogens (tertiary/aromatic N) is 1. The zero-order chi connectivity index (χ0) is 9.14. The van der Waals surface area contributed by atoms with E-state index < -0.39 is 0 Å². The van der Waals surface area contributed by atoms with Crippen molar-refractivity contribution in [3.63, 3.8) is 0 Å². The molecule has 1 heterocycles. The van der Waals surface area contributed by atoms with Crippen molar-refractivity contribution in [2.24, 2.45) is 0 Å². The van der Waals surface area contributed by atoms with Gasteiger partial charge in [-0.3, -0.25) is 14.3 Å². The van der Waals surface area contributed by atoms with Crippen LogP contribution in [0.5, 0.6) is 0 Å². The first-order chi connectivity index (χ1) is 5.65. The lowest BCUT2D eigenvalue weighted by molar-refractivity contribution is 0.695. The molecule has 4 nitrogen and oxygen atoms in total. The van der Waals surface area contributed by atoms with Crippen molar-refractivity contribution in [3.8, 4) is 0 Å². The molecule has 0 fully saturated rings. The molecule has 0 aliphatic carbocycles. The number of aromatic amines is 1. The molecule has 1 N–H and O–H groups in total. The third-order valence-corrected chi connectivity index (χ3v) is 1.73. The highest BCUT2D eigenvalue weighted by molar-refractivity contribution is 7.80. The maximum Gasteiger partial charge on any atom is 0.328 e. The largest absolute Gasteiger partial charge is 0.328 e. The minimum atomic E-state index is -0.375. The summed E-state index contributed by atoms with van der Waals surface area (Å²) in [6.07, 6.45) is 1.54. The van der Waals surface area contributed by atoms with Crippen molar-refractivity contribution in [1.29, 1.82) is 0 Å². The molecule has 0 saturated carbocycles. The second-order valence-corrected chi connectivity index (χ2v) is 2.94. The third kappa shape index (κ3) is 1.79. The molecule has 0 aliphatic heterocycles. The summed E-state index contributed by atoms with van der Waals surface area (Å²) in [5.74, 6) is 0.575. The molecule has 1 rings (SSSR count). The smallest absolute Gasteiger partial charge is 0.300 e. The van der Waals surface area contributed by atoms with Gasteiger partial charge in [0.15, 0.2) is 0 Å². The fourth-order valence-electron chi connectivity index (χ4n) is 0.892. The van der Waals surface area contributed by atoms with E-state index in [1.54, 1.807) is 6.92 Å². The van der Waals surface area contributed by atoms with Gasteiger partial charge in [0.1, 0.15) is 0 Å². The van der Waals surface area contributed by atoms with Crippen LogP contribution in [0.25, 0.3) is 0 Å². The minimum absolute atomic E-state index is 0.324. The molecule has 1 aromatic heterocycles. The van der Waals surface area contributed by atoms with Gasteiger partial charge in [-0.15, -0.1) is 0 Å². The Bertz CT molecular complexity index is 380. The van der Waals surface area contributed by atoms with Crippen LogP contribution in [0.3, 0.4) is 0 Å². The molecule has 5 heteroatoms. The summed E-state index contributed by atoms with van der Waals surface area (Å²) in [6.45, 7) is 2.17. The average Bonchev–Trinajstić information content (AvgIpc) is 2.01. The Morgan fingerprint density at radius 3 is 2.83 bits per heavy atom. The van der Waals surface area contributed by atoms with Crippen molar-refractivity contribution >= 4 is 12.6 Å². The third-order valence-electron chi connectivity index (χ3n) is 1.53. The maximum absolute atomic E-state index is 11.1. The summed E-state index contributed by atoms with van der Waals surface area (Å²) in [6, 6.07) is 0. The first kappa shape index (κ1) is 9.12. The number of thiol groups is 1. The summed E-state index contributed by atoms with van der Waals surface area (Å²) in [4.78, 5) is 24.2. The molecular weight excluding hydrogens is 176 g/mol. The van der Waals surface area contributed by atoms with Gasteiger partial charge >= 0.3 is 5.69 Å². The van der Waals surface area contributed by atoms with E-state index in [9.17, 15) is 9.59 Å². The zero-order valence-electron chi connectivity index (χ0n) is 6.70. The Morgan fingerprint density at radius 1 is 1.58 bits per heavy atom. The molecule has 0 aliphatic rings. The highest BCUT2D eigenvalue weighted by Crippen LogP contribution is 1.85. The standard InChI is InChI=1S/C7H10N2O2S/c1-5-4-9(2-3-12)7(11)8-6(5)10/h4,12H,2-3H2,1H3,(H,8,10,11). The van der Waals surface area contributed by atoms with Crippen molar-refractivity contribution in [2.45, 2.75) is 13.5 Å². The second kappa shape index (κ2) is 3.62. The number of hydrogen-bond acceptors (Lipinski definition) is 3. The molecular formula is C7H10N2O2S. The van der Waals surface area contributed by atoms with E-state index in [0.717, 1.165) is 0 Å². The van der Waals surface area contributed by atoms with Crippen LogP contribution >= 0.6 is 12.6 Å². The van der Waals surface area contributed by atoms with Crippen LogP contribution in [0.2, 0.25) is 0 Å². The van der Waals surface area contributed by atoms with Crippen LogP contribution in [0, 0.1) is 6.92 Å². The molecule has 0 spiro atoms. The lowest BCUT2D eigenvalue weighted by Gasteiger charge is -2.01. The number of rotatable bonds is 2. The molecule has 0 radical (unpaired) electrons. The Morgan fingerprint density at radius 2 is 2.25 bits per heavy atom. The van der Waals surface area contributed by atoms with E-state index in [0.29, 0.717) is 17.9 Å². The molecule has 12 heavy (non-hydrogen) atoms. The highest BCUT2D eigenvalue weighted by atomic mass is 32.1. The molecule has 66 valence electrons. The molecule has 0 amide bonds. The minimum Gasteiger partial charge on any atom is -0.300 e. The Balaban J connectivity index is 3.24. The van der Waals surface area contributed by atoms with Gasteiger partial charge in [0.2, 0.25) is 0 Å². The van der Waals surface area contributed by atoms with Gasteiger partial charge in [-0.2, -0.15) is 12.6 Å². The lowest BCUT2D eigenvalue weighted by Crippen LogP contribution is -2.31. The van der Waals surface area contributed by atoms with Gasteiger partial charge in [0.25, 0.3) is 5.56 Å². The predicted octanol–water partition coefficient (Wildman–Crippen LogP) is -0.225.